The van der Waals surface area contributed by atoms with Gasteiger partial charge < -0.3 is 35.4 Å². The van der Waals surface area contributed by atoms with E-state index in [9.17, 15) is 37.5 Å². The van der Waals surface area contributed by atoms with Crippen LogP contribution in [0, 0.1) is 0 Å². The minimum atomic E-state index is -4.63. The summed E-state index contributed by atoms with van der Waals surface area (Å²) in [4.78, 5) is 65.8. The molecule has 0 atom stereocenters. The number of aromatic nitrogens is 5. The summed E-state index contributed by atoms with van der Waals surface area (Å²) in [5.41, 5.74) is 0.442. The van der Waals surface area contributed by atoms with Gasteiger partial charge in [-0.1, -0.05) is 18.5 Å². The van der Waals surface area contributed by atoms with Gasteiger partial charge in [0.05, 0.1) is 16.3 Å². The average Bonchev–Trinajstić information content (AvgIpc) is 3.83. The summed E-state index contributed by atoms with van der Waals surface area (Å²) >= 11 is 6.18. The number of benzene rings is 2. The van der Waals surface area contributed by atoms with Crippen molar-refractivity contribution >= 4 is 46.6 Å². The molecule has 0 unspecified atom stereocenters. The number of pyridine rings is 1. The topological polar surface area (TPSA) is 179 Å². The van der Waals surface area contributed by atoms with E-state index in [1.165, 1.54) is 22.8 Å². The molecule has 5 aromatic rings. The lowest BCUT2D eigenvalue weighted by molar-refractivity contribution is -0.137. The first-order valence-corrected chi connectivity index (χ1v) is 19.5. The number of aromatic hydroxyl groups is 1. The van der Waals surface area contributed by atoms with Crippen LogP contribution in [0.2, 0.25) is 5.02 Å². The number of hydrogen-bond acceptors (Lipinski definition) is 9. The van der Waals surface area contributed by atoms with E-state index >= 15 is 0 Å². The van der Waals surface area contributed by atoms with Crippen LogP contribution in [0.5, 0.6) is 5.75 Å². The SMILES string of the molecule is CCCN(CCNC(=O)NC)c1ccc(-c2nc3n(CC(=O)Nc4ccc(C(F)(F)F)cc4Cl)c4c(c(=O)n3n2)C2(CC4)CCN(C(=O)c3ncccc3O)CC2)cc1. The van der Waals surface area contributed by atoms with Crippen molar-refractivity contribution < 1.29 is 32.7 Å². The Morgan fingerprint density at radius 2 is 1.78 bits per heavy atom. The first-order valence-electron chi connectivity index (χ1n) is 19.2. The van der Waals surface area contributed by atoms with Crippen molar-refractivity contribution in [3.63, 3.8) is 0 Å². The largest absolute Gasteiger partial charge is 0.505 e. The second-order valence-electron chi connectivity index (χ2n) is 14.6. The molecule has 4 amide bonds. The highest BCUT2D eigenvalue weighted by Gasteiger charge is 2.46. The normalized spacial score (nSPS) is 14.6. The predicted molar refractivity (Wildman–Crippen MR) is 214 cm³/mol. The first-order chi connectivity index (χ1) is 28.2. The van der Waals surface area contributed by atoms with Gasteiger partial charge in [0.15, 0.2) is 11.5 Å². The third-order valence-corrected chi connectivity index (χ3v) is 11.3. The number of carbonyl (C=O) groups is 3. The van der Waals surface area contributed by atoms with E-state index in [-0.39, 0.29) is 59.4 Å². The monoisotopic (exact) mass is 834 g/mol. The third-order valence-electron chi connectivity index (χ3n) is 11.0. The van der Waals surface area contributed by atoms with Gasteiger partial charge in [-0.05, 0) is 86.7 Å². The van der Waals surface area contributed by atoms with Gasteiger partial charge in [-0.2, -0.15) is 22.7 Å². The van der Waals surface area contributed by atoms with E-state index in [1.807, 2.05) is 24.3 Å². The van der Waals surface area contributed by atoms with E-state index in [2.05, 4.69) is 37.9 Å². The fourth-order valence-corrected chi connectivity index (χ4v) is 8.22. The zero-order valence-corrected chi connectivity index (χ0v) is 33.0. The minimum absolute atomic E-state index is 0.0189. The van der Waals surface area contributed by atoms with E-state index in [1.54, 1.807) is 16.5 Å². The number of piperidine rings is 1. The van der Waals surface area contributed by atoms with Gasteiger partial charge in [-0.15, -0.1) is 5.10 Å². The van der Waals surface area contributed by atoms with Crippen LogP contribution in [0.4, 0.5) is 29.3 Å². The Labute approximate surface area is 341 Å². The number of nitrogens with one attached hydrogen (secondary N) is 3. The zero-order chi connectivity index (χ0) is 42.1. The summed E-state index contributed by atoms with van der Waals surface area (Å²) in [7, 11) is 1.55. The molecule has 1 saturated heterocycles. The molecular weight excluding hydrogens is 793 g/mol. The molecule has 1 aliphatic carbocycles. The highest BCUT2D eigenvalue weighted by molar-refractivity contribution is 6.33. The summed E-state index contributed by atoms with van der Waals surface area (Å²) in [6.45, 7) is 3.99. The smallest absolute Gasteiger partial charge is 0.416 e. The van der Waals surface area contributed by atoms with E-state index in [0.29, 0.717) is 55.6 Å². The number of amides is 4. The molecule has 0 radical (unpaired) electrons. The van der Waals surface area contributed by atoms with Gasteiger partial charge in [0.2, 0.25) is 11.7 Å². The fraction of sp³-hybridized carbons (Fsp3) is 0.375. The van der Waals surface area contributed by atoms with Crippen molar-refractivity contribution in [2.24, 2.45) is 0 Å². The van der Waals surface area contributed by atoms with Crippen LogP contribution >= 0.6 is 11.6 Å². The number of hydrogen-bond donors (Lipinski definition) is 4. The number of alkyl halides is 3. The van der Waals surface area contributed by atoms with Crippen molar-refractivity contribution in [3.05, 3.63) is 98.7 Å². The molecule has 0 bridgehead atoms. The van der Waals surface area contributed by atoms with E-state index < -0.39 is 34.5 Å². The maximum Gasteiger partial charge on any atom is 0.416 e. The summed E-state index contributed by atoms with van der Waals surface area (Å²) in [6, 6.07) is 12.8. The number of carbonyl (C=O) groups excluding carboxylic acids is 3. The Hall–Kier alpha value is -6.17. The van der Waals surface area contributed by atoms with E-state index in [4.69, 9.17) is 16.6 Å². The molecule has 2 aromatic carbocycles. The molecule has 19 heteroatoms. The maximum absolute atomic E-state index is 14.6. The molecule has 4 N–H and O–H groups in total. The third kappa shape index (κ3) is 8.26. The second-order valence-corrected chi connectivity index (χ2v) is 15.0. The van der Waals surface area contributed by atoms with Crippen LogP contribution < -0.4 is 26.4 Å². The molecule has 310 valence electrons. The molecule has 59 heavy (non-hydrogen) atoms. The van der Waals surface area contributed by atoms with Crippen LogP contribution in [-0.4, -0.2) is 91.8 Å². The van der Waals surface area contributed by atoms with Crippen molar-refractivity contribution in [1.82, 2.24) is 39.7 Å². The summed E-state index contributed by atoms with van der Waals surface area (Å²) in [5.74, 6) is -0.940. The summed E-state index contributed by atoms with van der Waals surface area (Å²) in [5, 5.41) is 22.6. The standard InChI is InChI=1S/C40H42ClF3N10O5/c1-3-18-51(21-17-47-37(59)45-2)26-9-6-24(7-10-26)34-49-38-53(23-31(56)48-28-11-8-25(22-27(28)41)40(42,43)44)29-12-13-39(32(29)35(57)54(38)50-34)14-19-52(20-15-39)36(58)33-30(55)5-4-16-46-33/h4-11,16,22,55H,3,12-15,17-21,23H2,1-2H3,(H,48,56)(H2,45,47,59). The van der Waals surface area contributed by atoms with Gasteiger partial charge in [0, 0.05) is 73.9 Å². The lowest BCUT2D eigenvalue weighted by Gasteiger charge is -2.39. The fourth-order valence-electron chi connectivity index (χ4n) is 7.99. The number of urea groups is 1. The lowest BCUT2D eigenvalue weighted by atomic mass is 9.74. The molecule has 0 saturated carbocycles. The Kier molecular flexibility index (Phi) is 11.5. The van der Waals surface area contributed by atoms with Gasteiger partial charge >= 0.3 is 12.2 Å². The Morgan fingerprint density at radius 3 is 2.44 bits per heavy atom. The summed E-state index contributed by atoms with van der Waals surface area (Å²) in [6.07, 6.45) is -0.530. The quantitative estimate of drug-likeness (QED) is 0.139. The van der Waals surface area contributed by atoms with Gasteiger partial charge in [-0.3, -0.25) is 14.4 Å². The maximum atomic E-state index is 14.6. The van der Waals surface area contributed by atoms with Crippen LogP contribution in [0.3, 0.4) is 0 Å². The number of rotatable bonds is 11. The Bertz CT molecular complexity index is 2460. The molecule has 1 spiro atoms. The first kappa shape index (κ1) is 41.0. The highest BCUT2D eigenvalue weighted by atomic mass is 35.5. The molecule has 2 aliphatic rings. The molecule has 1 aliphatic heterocycles. The number of anilines is 2. The van der Waals surface area contributed by atoms with Crippen molar-refractivity contribution in [1.29, 1.82) is 0 Å². The van der Waals surface area contributed by atoms with Gasteiger partial charge in [0.25, 0.3) is 11.5 Å². The number of likely N-dealkylation sites (tertiary alicyclic amines) is 1. The Balaban J connectivity index is 1.22. The van der Waals surface area contributed by atoms with Crippen molar-refractivity contribution in [3.8, 4) is 17.1 Å². The lowest BCUT2D eigenvalue weighted by Crippen LogP contribution is -2.46. The second kappa shape index (κ2) is 16.6. The number of halogens is 4. The van der Waals surface area contributed by atoms with Gasteiger partial charge in [0.1, 0.15) is 12.3 Å². The molecular formula is C40H42ClF3N10O5. The van der Waals surface area contributed by atoms with Crippen LogP contribution in [0.15, 0.2) is 65.6 Å². The molecule has 15 nitrogen and oxygen atoms in total. The van der Waals surface area contributed by atoms with Crippen LogP contribution in [0.25, 0.3) is 17.2 Å². The van der Waals surface area contributed by atoms with Crippen LogP contribution in [0.1, 0.15) is 59.9 Å². The molecule has 7 rings (SSSR count). The Morgan fingerprint density at radius 1 is 1.03 bits per heavy atom. The van der Waals surface area contributed by atoms with E-state index in [0.717, 1.165) is 36.9 Å². The van der Waals surface area contributed by atoms with Crippen molar-refractivity contribution in [2.45, 2.75) is 57.2 Å². The molecule has 1 fully saturated rings. The highest BCUT2D eigenvalue weighted by Crippen LogP contribution is 2.45. The summed E-state index contributed by atoms with van der Waals surface area (Å²) < 4.78 is 42.8. The predicted octanol–water partition coefficient (Wildman–Crippen LogP) is 5.24. The van der Waals surface area contributed by atoms with Gasteiger partial charge in [-0.25, -0.2) is 9.78 Å². The molecule has 3 aromatic heterocycles. The molecule has 4 heterocycles. The van der Waals surface area contributed by atoms with Crippen molar-refractivity contribution in [2.75, 3.05) is 50.0 Å². The number of nitrogens with zero attached hydrogens (tertiary/aromatic N) is 7. The zero-order valence-electron chi connectivity index (χ0n) is 32.3. The number of fused-ring (bicyclic) bond motifs is 3. The van der Waals surface area contributed by atoms with Crippen LogP contribution in [-0.2, 0) is 29.4 Å². The minimum Gasteiger partial charge on any atom is -0.505 e. The average molecular weight is 835 g/mol.